The molecule has 0 saturated carbocycles. The molecule has 0 bridgehead atoms. The van der Waals surface area contributed by atoms with Gasteiger partial charge in [-0.3, -0.25) is 4.55 Å². The van der Waals surface area contributed by atoms with Crippen LogP contribution in [0.5, 0.6) is 0 Å². The largest absolute Gasteiger partial charge is 0.394 e. The second kappa shape index (κ2) is 2.46. The van der Waals surface area contributed by atoms with Crippen molar-refractivity contribution in [1.29, 1.82) is 0 Å². The normalized spacial score (nSPS) is 12.1. The Morgan fingerprint density at radius 1 is 1.20 bits per heavy atom. The summed E-state index contributed by atoms with van der Waals surface area (Å²) in [6, 6.07) is 0. The van der Waals surface area contributed by atoms with Crippen molar-refractivity contribution >= 4 is 24.3 Å². The first-order chi connectivity index (χ1) is 4.31. The van der Waals surface area contributed by atoms with Gasteiger partial charge in [-0.15, -0.1) is 0 Å². The summed E-state index contributed by atoms with van der Waals surface area (Å²) in [5.74, 6) is 0. The van der Waals surface area contributed by atoms with Crippen molar-refractivity contribution in [2.75, 3.05) is 0 Å². The van der Waals surface area contributed by atoms with Crippen LogP contribution < -0.4 is 0 Å². The van der Waals surface area contributed by atoms with E-state index in [2.05, 4.69) is 0 Å². The average Bonchev–Trinajstić information content (AvgIpc) is 1.61. The molecule has 9 heteroatoms. The highest BCUT2D eigenvalue weighted by molar-refractivity contribution is 8.64. The van der Waals surface area contributed by atoms with Crippen LogP contribution in [-0.2, 0) is 23.0 Å². The van der Waals surface area contributed by atoms with Crippen molar-refractivity contribution in [1.82, 2.24) is 0 Å². The van der Waals surface area contributed by atoms with Crippen molar-refractivity contribution in [3.63, 3.8) is 0 Å². The molecule has 0 aromatic heterocycles. The third-order valence-corrected chi connectivity index (χ3v) is 3.07. The SMILES string of the molecule is O=C=NS(=O)(=O)S(=O)(=O)O. The lowest BCUT2D eigenvalue weighted by atomic mass is 11.7. The summed E-state index contributed by atoms with van der Waals surface area (Å²) >= 11 is 0. The van der Waals surface area contributed by atoms with E-state index in [-0.39, 0.29) is 0 Å². The van der Waals surface area contributed by atoms with Crippen LogP contribution >= 0.6 is 0 Å². The molecule has 0 atom stereocenters. The highest BCUT2D eigenvalue weighted by Gasteiger charge is 2.25. The number of nitrogens with zero attached hydrogens (tertiary/aromatic N) is 1. The third-order valence-electron chi connectivity index (χ3n) is 0.415. The van der Waals surface area contributed by atoms with E-state index in [1.165, 1.54) is 0 Å². The first-order valence-corrected chi connectivity index (χ1v) is 5.02. The molecule has 0 unspecified atom stereocenters. The number of rotatable bonds is 2. The molecule has 0 radical (unpaired) electrons. The minimum Gasteiger partial charge on any atom is -0.272 e. The quantitative estimate of drug-likeness (QED) is 0.242. The van der Waals surface area contributed by atoms with E-state index < -0.39 is 18.2 Å². The summed E-state index contributed by atoms with van der Waals surface area (Å²) in [5, 5.41) is 0. The summed E-state index contributed by atoms with van der Waals surface area (Å²) < 4.78 is 49.1. The Kier molecular flexibility index (Phi) is 2.28. The molecule has 0 fully saturated rings. The van der Waals surface area contributed by atoms with Crippen molar-refractivity contribution in [2.45, 2.75) is 0 Å². The lowest BCUT2D eigenvalue weighted by Crippen LogP contribution is -2.10. The predicted octanol–water partition coefficient (Wildman–Crippen LogP) is -1.55. The monoisotopic (exact) mass is 187 g/mol. The maximum atomic E-state index is 9.98. The lowest BCUT2D eigenvalue weighted by Gasteiger charge is -1.85. The first kappa shape index (κ1) is 9.24. The summed E-state index contributed by atoms with van der Waals surface area (Å²) in [6.07, 6.45) is 0.462. The van der Waals surface area contributed by atoms with E-state index in [0.717, 1.165) is 0 Å². The molecule has 7 nitrogen and oxygen atoms in total. The number of isocyanates is 1. The molecule has 0 aliphatic heterocycles. The second-order valence-corrected chi connectivity index (χ2v) is 5.46. The van der Waals surface area contributed by atoms with Gasteiger partial charge < -0.3 is 0 Å². The summed E-state index contributed by atoms with van der Waals surface area (Å²) in [4.78, 5) is 9.22. The molecule has 1 N–H and O–H groups in total. The number of hydrogen-bond donors (Lipinski definition) is 1. The molecular formula is CHNO6S2. The van der Waals surface area contributed by atoms with Crippen LogP contribution in [0.1, 0.15) is 0 Å². The van der Waals surface area contributed by atoms with Gasteiger partial charge in [-0.1, -0.05) is 4.40 Å². The summed E-state index contributed by atoms with van der Waals surface area (Å²) in [6.45, 7) is 0. The van der Waals surface area contributed by atoms with Crippen molar-refractivity contribution in [3.8, 4) is 0 Å². The Balaban J connectivity index is 5.42. The topological polar surface area (TPSA) is 118 Å². The molecule has 0 aliphatic carbocycles. The zero-order chi connectivity index (χ0) is 8.41. The Morgan fingerprint density at radius 2 is 1.60 bits per heavy atom. The van der Waals surface area contributed by atoms with Gasteiger partial charge in [0, 0.05) is 0 Å². The van der Waals surface area contributed by atoms with Gasteiger partial charge in [0.1, 0.15) is 0 Å². The Labute approximate surface area is 55.6 Å². The Bertz CT molecular complexity index is 353. The van der Waals surface area contributed by atoms with Crippen LogP contribution in [0.25, 0.3) is 0 Å². The van der Waals surface area contributed by atoms with Crippen LogP contribution in [0.4, 0.5) is 0 Å². The van der Waals surface area contributed by atoms with E-state index in [9.17, 15) is 21.6 Å². The predicted molar refractivity (Wildman–Crippen MR) is 28.6 cm³/mol. The number of carbonyl (C=O) groups excluding carboxylic acids is 1. The Morgan fingerprint density at radius 3 is 1.70 bits per heavy atom. The van der Waals surface area contributed by atoms with Crippen molar-refractivity contribution in [2.24, 2.45) is 4.40 Å². The van der Waals surface area contributed by atoms with Gasteiger partial charge in [0.05, 0.1) is 0 Å². The molecule has 0 aromatic rings. The minimum absolute atomic E-state index is 0.462. The van der Waals surface area contributed by atoms with Gasteiger partial charge >= 0.3 is 18.2 Å². The fourth-order valence-corrected chi connectivity index (χ4v) is 0.652. The van der Waals surface area contributed by atoms with Crippen LogP contribution in [-0.4, -0.2) is 27.5 Å². The lowest BCUT2D eigenvalue weighted by molar-refractivity contribution is 0.493. The Hall–Kier alpha value is -0.760. The third kappa shape index (κ3) is 1.88. The van der Waals surface area contributed by atoms with Crippen LogP contribution in [0.3, 0.4) is 0 Å². The molecule has 0 saturated heterocycles. The standard InChI is InChI=1S/CHNO6S2/c3-1-2-9(4,5)10(6,7)8/h(H,6,7,8). The van der Waals surface area contributed by atoms with E-state index in [4.69, 9.17) is 4.55 Å². The number of hydrogen-bond acceptors (Lipinski definition) is 5. The average molecular weight is 187 g/mol. The molecular weight excluding hydrogens is 186 g/mol. The molecule has 0 heterocycles. The van der Waals surface area contributed by atoms with Gasteiger partial charge in [0.25, 0.3) is 6.08 Å². The molecule has 58 valence electrons. The highest BCUT2D eigenvalue weighted by Crippen LogP contribution is 1.98. The van der Waals surface area contributed by atoms with Crippen LogP contribution in [0.2, 0.25) is 0 Å². The summed E-state index contributed by atoms with van der Waals surface area (Å²) in [5.41, 5.74) is 0. The molecule has 0 spiro atoms. The maximum Gasteiger partial charge on any atom is 0.394 e. The minimum atomic E-state index is -5.32. The van der Waals surface area contributed by atoms with E-state index in [0.29, 0.717) is 6.08 Å². The van der Waals surface area contributed by atoms with Crippen LogP contribution in [0, 0.1) is 0 Å². The molecule has 0 amide bonds. The molecule has 0 rings (SSSR count). The smallest absolute Gasteiger partial charge is 0.272 e. The zero-order valence-corrected chi connectivity index (χ0v) is 5.89. The van der Waals surface area contributed by atoms with Gasteiger partial charge in [-0.05, 0) is 0 Å². The zero-order valence-electron chi connectivity index (χ0n) is 4.25. The van der Waals surface area contributed by atoms with Gasteiger partial charge in [-0.2, -0.15) is 16.8 Å². The second-order valence-electron chi connectivity index (χ2n) is 1.04. The maximum absolute atomic E-state index is 9.98. The fourth-order valence-electron chi connectivity index (χ4n) is 0.0927. The molecule has 10 heavy (non-hydrogen) atoms. The molecule has 0 aliphatic rings. The van der Waals surface area contributed by atoms with E-state index in [1.807, 2.05) is 4.40 Å². The van der Waals surface area contributed by atoms with E-state index in [1.54, 1.807) is 0 Å². The van der Waals surface area contributed by atoms with Crippen molar-refractivity contribution < 1.29 is 26.2 Å². The van der Waals surface area contributed by atoms with Gasteiger partial charge in [0.15, 0.2) is 0 Å². The van der Waals surface area contributed by atoms with Gasteiger partial charge in [0.2, 0.25) is 0 Å². The van der Waals surface area contributed by atoms with Gasteiger partial charge in [-0.25, -0.2) is 4.79 Å². The highest BCUT2D eigenvalue weighted by atomic mass is 33.2. The van der Waals surface area contributed by atoms with E-state index >= 15 is 0 Å². The fraction of sp³-hybridized carbons (Fsp3) is 0. The summed E-state index contributed by atoms with van der Waals surface area (Å²) in [7, 11) is -10.4. The molecule has 0 aromatic carbocycles. The van der Waals surface area contributed by atoms with Crippen molar-refractivity contribution in [3.05, 3.63) is 0 Å². The first-order valence-electron chi connectivity index (χ1n) is 1.63. The van der Waals surface area contributed by atoms with Crippen LogP contribution in [0.15, 0.2) is 4.40 Å².